The average Bonchev–Trinajstić information content (AvgIpc) is 2.01. The van der Waals surface area contributed by atoms with Crippen molar-refractivity contribution in [1.29, 1.82) is 0 Å². The van der Waals surface area contributed by atoms with Crippen LogP contribution in [-0.2, 0) is 9.53 Å². The van der Waals surface area contributed by atoms with Gasteiger partial charge in [0.15, 0.2) is 0 Å². The van der Waals surface area contributed by atoms with E-state index in [2.05, 4.69) is 11.9 Å². The van der Waals surface area contributed by atoms with Crippen molar-refractivity contribution in [3.05, 3.63) is 0 Å². The molecule has 0 aromatic carbocycles. The zero-order chi connectivity index (χ0) is 10.6. The molecule has 0 aromatic heterocycles. The van der Waals surface area contributed by atoms with Crippen LogP contribution in [0.3, 0.4) is 0 Å². The largest absolute Gasteiger partial charge is 0.463 e. The van der Waals surface area contributed by atoms with Crippen molar-refractivity contribution in [2.75, 3.05) is 20.1 Å². The molecule has 0 spiro atoms. The molecule has 1 saturated heterocycles. The maximum Gasteiger partial charge on any atom is 0.306 e. The fourth-order valence-electron chi connectivity index (χ4n) is 1.99. The number of piperidine rings is 1. The number of hydrogen-bond acceptors (Lipinski definition) is 3. The van der Waals surface area contributed by atoms with Crippen LogP contribution in [-0.4, -0.2) is 37.1 Å². The zero-order valence-electron chi connectivity index (χ0n) is 9.45. The van der Waals surface area contributed by atoms with Crippen LogP contribution in [0.25, 0.3) is 0 Å². The first kappa shape index (κ1) is 11.5. The molecule has 3 nitrogen and oxygen atoms in total. The summed E-state index contributed by atoms with van der Waals surface area (Å²) in [5, 5.41) is 0. The van der Waals surface area contributed by atoms with Crippen LogP contribution in [0.15, 0.2) is 0 Å². The van der Waals surface area contributed by atoms with Crippen LogP contribution in [0.5, 0.6) is 0 Å². The average molecular weight is 199 g/mol. The number of likely N-dealkylation sites (tertiary alicyclic amines) is 1. The van der Waals surface area contributed by atoms with Crippen LogP contribution >= 0.6 is 0 Å². The molecule has 1 fully saturated rings. The summed E-state index contributed by atoms with van der Waals surface area (Å²) in [5.41, 5.74) is 0. The van der Waals surface area contributed by atoms with Crippen molar-refractivity contribution >= 4 is 5.97 Å². The highest BCUT2D eigenvalue weighted by atomic mass is 16.5. The van der Waals surface area contributed by atoms with Gasteiger partial charge in [-0.1, -0.05) is 0 Å². The van der Waals surface area contributed by atoms with E-state index in [4.69, 9.17) is 4.74 Å². The first-order valence-corrected chi connectivity index (χ1v) is 5.46. The first-order chi connectivity index (χ1) is 6.58. The normalized spacial score (nSPS) is 23.9. The highest BCUT2D eigenvalue weighted by molar-refractivity contribution is 5.69. The van der Waals surface area contributed by atoms with E-state index in [1.165, 1.54) is 6.42 Å². The van der Waals surface area contributed by atoms with Crippen molar-refractivity contribution in [3.8, 4) is 0 Å². The van der Waals surface area contributed by atoms with E-state index < -0.39 is 0 Å². The van der Waals surface area contributed by atoms with Gasteiger partial charge in [-0.3, -0.25) is 4.79 Å². The summed E-state index contributed by atoms with van der Waals surface area (Å²) in [6.45, 7) is 5.98. The van der Waals surface area contributed by atoms with Crippen molar-refractivity contribution in [2.45, 2.75) is 39.2 Å². The highest BCUT2D eigenvalue weighted by Crippen LogP contribution is 2.18. The van der Waals surface area contributed by atoms with Gasteiger partial charge in [0.25, 0.3) is 0 Å². The molecule has 1 unspecified atom stereocenters. The third-order valence-corrected chi connectivity index (χ3v) is 2.54. The molecule has 82 valence electrons. The highest BCUT2D eigenvalue weighted by Gasteiger charge is 2.20. The Labute approximate surface area is 86.4 Å². The second-order valence-corrected chi connectivity index (χ2v) is 4.51. The lowest BCUT2D eigenvalue weighted by atomic mass is 9.95. The van der Waals surface area contributed by atoms with Crippen LogP contribution in [0, 0.1) is 5.92 Å². The molecule has 0 N–H and O–H groups in total. The molecule has 1 rings (SSSR count). The summed E-state index contributed by atoms with van der Waals surface area (Å²) in [5.74, 6) is 0.459. The lowest BCUT2D eigenvalue weighted by Gasteiger charge is -2.29. The summed E-state index contributed by atoms with van der Waals surface area (Å²) in [7, 11) is 2.11. The van der Waals surface area contributed by atoms with Gasteiger partial charge in [0.05, 0.1) is 6.10 Å². The van der Waals surface area contributed by atoms with E-state index in [1.807, 2.05) is 13.8 Å². The van der Waals surface area contributed by atoms with Gasteiger partial charge in [-0.25, -0.2) is 0 Å². The number of rotatable bonds is 3. The minimum atomic E-state index is -0.0414. The van der Waals surface area contributed by atoms with Gasteiger partial charge in [-0.15, -0.1) is 0 Å². The molecular weight excluding hydrogens is 178 g/mol. The van der Waals surface area contributed by atoms with E-state index in [0.717, 1.165) is 19.5 Å². The second kappa shape index (κ2) is 5.35. The third kappa shape index (κ3) is 4.09. The maximum absolute atomic E-state index is 11.4. The Bertz CT molecular complexity index is 192. The quantitative estimate of drug-likeness (QED) is 0.648. The van der Waals surface area contributed by atoms with Gasteiger partial charge in [0.1, 0.15) is 0 Å². The molecule has 1 heterocycles. The lowest BCUT2D eigenvalue weighted by molar-refractivity contribution is -0.148. The van der Waals surface area contributed by atoms with Gasteiger partial charge < -0.3 is 9.64 Å². The Morgan fingerprint density at radius 2 is 2.29 bits per heavy atom. The molecule has 1 aliphatic rings. The van der Waals surface area contributed by atoms with E-state index in [1.54, 1.807) is 0 Å². The number of nitrogens with zero attached hydrogens (tertiary/aromatic N) is 1. The van der Waals surface area contributed by atoms with Crippen molar-refractivity contribution < 1.29 is 9.53 Å². The van der Waals surface area contributed by atoms with Crippen LogP contribution < -0.4 is 0 Å². The predicted molar refractivity (Wildman–Crippen MR) is 56.1 cm³/mol. The fraction of sp³-hybridized carbons (Fsp3) is 0.909. The van der Waals surface area contributed by atoms with Gasteiger partial charge in [-0.2, -0.15) is 0 Å². The van der Waals surface area contributed by atoms with Crippen molar-refractivity contribution in [1.82, 2.24) is 4.90 Å². The number of carbonyl (C=O) groups is 1. The monoisotopic (exact) mass is 199 g/mol. The molecule has 3 heteroatoms. The summed E-state index contributed by atoms with van der Waals surface area (Å²) in [4.78, 5) is 13.7. The molecule has 0 amide bonds. The predicted octanol–water partition coefficient (Wildman–Crippen LogP) is 1.67. The SMILES string of the molecule is CC(C)OC(=O)CC1CCCN(C)C1. The van der Waals surface area contributed by atoms with Gasteiger partial charge in [0.2, 0.25) is 0 Å². The van der Waals surface area contributed by atoms with E-state index in [9.17, 15) is 4.79 Å². The Hall–Kier alpha value is -0.570. The zero-order valence-corrected chi connectivity index (χ0v) is 9.45. The molecule has 0 radical (unpaired) electrons. The molecule has 0 aliphatic carbocycles. The van der Waals surface area contributed by atoms with E-state index in [0.29, 0.717) is 12.3 Å². The van der Waals surface area contributed by atoms with Crippen molar-refractivity contribution in [2.24, 2.45) is 5.92 Å². The van der Waals surface area contributed by atoms with Crippen LogP contribution in [0.2, 0.25) is 0 Å². The number of ether oxygens (including phenoxy) is 1. The third-order valence-electron chi connectivity index (χ3n) is 2.54. The Balaban J connectivity index is 2.25. The fourth-order valence-corrected chi connectivity index (χ4v) is 1.99. The molecule has 1 atom stereocenters. The summed E-state index contributed by atoms with van der Waals surface area (Å²) >= 11 is 0. The van der Waals surface area contributed by atoms with Gasteiger partial charge >= 0.3 is 5.97 Å². The number of esters is 1. The Morgan fingerprint density at radius 1 is 1.57 bits per heavy atom. The summed E-state index contributed by atoms with van der Waals surface area (Å²) in [6, 6.07) is 0. The van der Waals surface area contributed by atoms with Gasteiger partial charge in [-0.05, 0) is 46.2 Å². The number of hydrogen-bond donors (Lipinski definition) is 0. The molecule has 0 bridgehead atoms. The number of carbonyl (C=O) groups excluding carboxylic acids is 1. The molecule has 0 aromatic rings. The minimum absolute atomic E-state index is 0.0174. The van der Waals surface area contributed by atoms with Crippen LogP contribution in [0.4, 0.5) is 0 Å². The summed E-state index contributed by atoms with van der Waals surface area (Å²) < 4.78 is 5.13. The molecular formula is C11H21NO2. The van der Waals surface area contributed by atoms with Gasteiger partial charge in [0, 0.05) is 13.0 Å². The minimum Gasteiger partial charge on any atom is -0.463 e. The maximum atomic E-state index is 11.4. The second-order valence-electron chi connectivity index (χ2n) is 4.51. The summed E-state index contributed by atoms with van der Waals surface area (Å²) in [6.07, 6.45) is 2.97. The topological polar surface area (TPSA) is 29.5 Å². The smallest absolute Gasteiger partial charge is 0.306 e. The Morgan fingerprint density at radius 3 is 2.86 bits per heavy atom. The Kier molecular flexibility index (Phi) is 4.39. The van der Waals surface area contributed by atoms with Crippen LogP contribution in [0.1, 0.15) is 33.1 Å². The molecule has 1 aliphatic heterocycles. The van der Waals surface area contributed by atoms with E-state index in [-0.39, 0.29) is 12.1 Å². The van der Waals surface area contributed by atoms with E-state index >= 15 is 0 Å². The standard InChI is InChI=1S/C11H21NO2/c1-9(2)14-11(13)7-10-5-4-6-12(3)8-10/h9-10H,4-8H2,1-3H3. The lowest BCUT2D eigenvalue weighted by Crippen LogP contribution is -2.33. The van der Waals surface area contributed by atoms with Crippen molar-refractivity contribution in [3.63, 3.8) is 0 Å². The molecule has 0 saturated carbocycles. The first-order valence-electron chi connectivity index (χ1n) is 5.46. The molecule has 14 heavy (non-hydrogen) atoms.